The maximum atomic E-state index is 2.53. The van der Waals surface area contributed by atoms with E-state index >= 15 is 0 Å². The van der Waals surface area contributed by atoms with Gasteiger partial charge in [-0.15, -0.1) is 0 Å². The fourth-order valence-electron chi connectivity index (χ4n) is 7.01. The zero-order valence-electron chi connectivity index (χ0n) is 25.8. The summed E-state index contributed by atoms with van der Waals surface area (Å²) in [6.07, 6.45) is 14.8. The third kappa shape index (κ3) is 5.33. The summed E-state index contributed by atoms with van der Waals surface area (Å²) in [5.74, 6) is 0. The smallest absolute Gasteiger partial charge is 0.0560 e. The molecule has 0 radical (unpaired) electrons. The minimum Gasteiger partial charge on any atom is -0.334 e. The highest BCUT2D eigenvalue weighted by atomic mass is 15.2. The molecule has 6 aromatic rings. The number of hydrogen-bond donors (Lipinski definition) is 0. The molecular weight excluding hydrogens is 556 g/mol. The van der Waals surface area contributed by atoms with Crippen LogP contribution in [0.5, 0.6) is 0 Å². The van der Waals surface area contributed by atoms with Crippen molar-refractivity contribution in [1.29, 1.82) is 0 Å². The van der Waals surface area contributed by atoms with Crippen molar-refractivity contribution >= 4 is 50.9 Å². The highest BCUT2D eigenvalue weighted by molar-refractivity contribution is 5.99. The van der Waals surface area contributed by atoms with Crippen LogP contribution in [0.15, 0.2) is 170 Å². The predicted molar refractivity (Wildman–Crippen MR) is 197 cm³/mol. The Bertz CT molecular complexity index is 2070. The molecule has 2 aliphatic rings. The van der Waals surface area contributed by atoms with Crippen LogP contribution in [0.25, 0.3) is 22.4 Å². The van der Waals surface area contributed by atoms with Crippen molar-refractivity contribution in [3.63, 3.8) is 0 Å². The van der Waals surface area contributed by atoms with E-state index in [9.17, 15) is 0 Å². The molecule has 2 heteroatoms. The molecule has 0 aromatic heterocycles. The van der Waals surface area contributed by atoms with Gasteiger partial charge in [0, 0.05) is 28.1 Å². The highest BCUT2D eigenvalue weighted by Crippen LogP contribution is 2.41. The first kappa shape index (κ1) is 27.9. The monoisotopic (exact) mass is 592 g/mol. The summed E-state index contributed by atoms with van der Waals surface area (Å²) in [6.45, 7) is 0. The van der Waals surface area contributed by atoms with Crippen LogP contribution in [0.2, 0.25) is 0 Å². The van der Waals surface area contributed by atoms with Crippen molar-refractivity contribution in [1.82, 2.24) is 0 Å². The van der Waals surface area contributed by atoms with E-state index in [1.165, 1.54) is 50.1 Å². The second-order valence-corrected chi connectivity index (χ2v) is 12.0. The summed E-state index contributed by atoms with van der Waals surface area (Å²) in [4.78, 5) is 4.90. The first-order chi connectivity index (χ1) is 22.8. The zero-order valence-corrected chi connectivity index (χ0v) is 25.8. The Balaban J connectivity index is 1.10. The summed E-state index contributed by atoms with van der Waals surface area (Å²) in [6, 6.07) is 52.7. The number of para-hydroxylation sites is 2. The highest BCUT2D eigenvalue weighted by Gasteiger charge is 2.24. The molecule has 0 amide bonds. The summed E-state index contributed by atoms with van der Waals surface area (Å²) in [7, 11) is 0. The van der Waals surface area contributed by atoms with E-state index in [2.05, 4.69) is 186 Å². The lowest BCUT2D eigenvalue weighted by molar-refractivity contribution is 0.780. The molecule has 2 aliphatic carbocycles. The Morgan fingerprint density at radius 1 is 0.543 bits per heavy atom. The summed E-state index contributed by atoms with van der Waals surface area (Å²) in [5.41, 5.74) is 11.3. The topological polar surface area (TPSA) is 6.48 Å². The van der Waals surface area contributed by atoms with Crippen LogP contribution in [-0.4, -0.2) is 6.04 Å². The Hall–Kier alpha value is -5.60. The lowest BCUT2D eigenvalue weighted by Gasteiger charge is -2.35. The number of benzene rings is 6. The van der Waals surface area contributed by atoms with E-state index in [-0.39, 0.29) is 6.04 Å². The number of rotatable bonds is 7. The minimum absolute atomic E-state index is 0.239. The van der Waals surface area contributed by atoms with Crippen LogP contribution in [0.4, 0.5) is 28.4 Å². The normalized spacial score (nSPS) is 15.3. The molecule has 0 saturated heterocycles. The Morgan fingerprint density at radius 3 is 2.00 bits per heavy atom. The predicted octanol–water partition coefficient (Wildman–Crippen LogP) is 11.8. The fourth-order valence-corrected chi connectivity index (χ4v) is 7.01. The maximum Gasteiger partial charge on any atom is 0.0560 e. The molecule has 1 atom stereocenters. The van der Waals surface area contributed by atoms with Crippen LogP contribution < -0.4 is 9.80 Å². The average Bonchev–Trinajstić information content (AvgIpc) is 3.14. The molecule has 6 aromatic carbocycles. The number of allylic oxidation sites excluding steroid dienone is 3. The van der Waals surface area contributed by atoms with Crippen molar-refractivity contribution in [2.24, 2.45) is 0 Å². The molecule has 0 spiro atoms. The van der Waals surface area contributed by atoms with Crippen LogP contribution >= 0.6 is 0 Å². The molecule has 0 bridgehead atoms. The number of nitrogens with zero attached hydrogens (tertiary/aromatic N) is 2. The van der Waals surface area contributed by atoms with E-state index in [4.69, 9.17) is 0 Å². The third-order valence-electron chi connectivity index (χ3n) is 9.23. The maximum absolute atomic E-state index is 2.53. The van der Waals surface area contributed by atoms with Gasteiger partial charge in [0.1, 0.15) is 0 Å². The fraction of sp³-hybridized carbons (Fsp3) is 0.0909. The quantitative estimate of drug-likeness (QED) is 0.182. The lowest BCUT2D eigenvalue weighted by Crippen LogP contribution is -2.31. The van der Waals surface area contributed by atoms with Gasteiger partial charge in [0.2, 0.25) is 0 Å². The van der Waals surface area contributed by atoms with Crippen LogP contribution in [0.3, 0.4) is 0 Å². The van der Waals surface area contributed by atoms with Gasteiger partial charge in [-0.25, -0.2) is 0 Å². The Morgan fingerprint density at radius 2 is 1.22 bits per heavy atom. The van der Waals surface area contributed by atoms with Gasteiger partial charge in [-0.3, -0.25) is 0 Å². The van der Waals surface area contributed by atoms with Gasteiger partial charge < -0.3 is 9.80 Å². The van der Waals surface area contributed by atoms with E-state index in [0.29, 0.717) is 0 Å². The van der Waals surface area contributed by atoms with Crippen molar-refractivity contribution in [2.75, 3.05) is 9.80 Å². The number of hydrogen-bond acceptors (Lipinski definition) is 2. The van der Waals surface area contributed by atoms with Gasteiger partial charge in [-0.2, -0.15) is 0 Å². The number of fused-ring (bicyclic) bond motifs is 2. The molecule has 0 heterocycles. The van der Waals surface area contributed by atoms with E-state index in [0.717, 1.165) is 30.6 Å². The molecule has 2 nitrogen and oxygen atoms in total. The minimum atomic E-state index is 0.239. The number of anilines is 5. The Kier molecular flexibility index (Phi) is 7.54. The average molecular weight is 593 g/mol. The van der Waals surface area contributed by atoms with Gasteiger partial charge in [-0.1, -0.05) is 127 Å². The van der Waals surface area contributed by atoms with Gasteiger partial charge in [0.15, 0.2) is 0 Å². The first-order valence-electron chi connectivity index (χ1n) is 16.3. The summed E-state index contributed by atoms with van der Waals surface area (Å²) < 4.78 is 0. The van der Waals surface area contributed by atoms with Crippen molar-refractivity contribution in [3.05, 3.63) is 187 Å². The SMILES string of the molecule is C1=Cc2cccc(N(c3ccccc3)C3C=CC(c4ccc(N(c5ccccc5)c5cccc6ccccc56)cc4)=CC3)c2CC1. The molecule has 46 heavy (non-hydrogen) atoms. The molecule has 0 aliphatic heterocycles. The molecule has 1 unspecified atom stereocenters. The summed E-state index contributed by atoms with van der Waals surface area (Å²) >= 11 is 0. The lowest BCUT2D eigenvalue weighted by atomic mass is 9.92. The zero-order chi connectivity index (χ0) is 30.7. The molecule has 222 valence electrons. The first-order valence-corrected chi connectivity index (χ1v) is 16.3. The van der Waals surface area contributed by atoms with Crippen LogP contribution in [0.1, 0.15) is 29.5 Å². The van der Waals surface area contributed by atoms with E-state index in [1.54, 1.807) is 0 Å². The molecule has 0 saturated carbocycles. The molecule has 0 fully saturated rings. The van der Waals surface area contributed by atoms with Gasteiger partial charge in [0.05, 0.1) is 11.7 Å². The van der Waals surface area contributed by atoms with Crippen molar-refractivity contribution < 1.29 is 0 Å². The molecular formula is C44H36N2. The molecule has 0 N–H and O–H groups in total. The second kappa shape index (κ2) is 12.4. The van der Waals surface area contributed by atoms with Gasteiger partial charge in [0.25, 0.3) is 0 Å². The third-order valence-corrected chi connectivity index (χ3v) is 9.23. The Labute approximate surface area is 271 Å². The van der Waals surface area contributed by atoms with E-state index < -0.39 is 0 Å². The standard InChI is InChI=1S/C44H36N2/c1-3-17-37(18-4-1)45(43-23-11-15-35-13-7-9-21-41(35)43)39-29-25-33(26-30-39)34-27-31-40(32-28-34)46(38-19-5-2-6-20-38)44-24-12-16-36-14-8-10-22-42(36)44/h1-9,11-21,23-31,40H,10,22,32H2. The molecule has 8 rings (SSSR count). The van der Waals surface area contributed by atoms with Crippen LogP contribution in [0, 0.1) is 0 Å². The van der Waals surface area contributed by atoms with Gasteiger partial charge >= 0.3 is 0 Å². The van der Waals surface area contributed by atoms with Gasteiger partial charge in [-0.05, 0) is 95.4 Å². The summed E-state index contributed by atoms with van der Waals surface area (Å²) in [5, 5.41) is 2.47. The van der Waals surface area contributed by atoms with Crippen molar-refractivity contribution in [3.8, 4) is 0 Å². The van der Waals surface area contributed by atoms with Crippen molar-refractivity contribution in [2.45, 2.75) is 25.3 Å². The van der Waals surface area contributed by atoms with Crippen LogP contribution in [-0.2, 0) is 6.42 Å². The largest absolute Gasteiger partial charge is 0.334 e. The van der Waals surface area contributed by atoms with E-state index in [1.807, 2.05) is 0 Å². The second-order valence-electron chi connectivity index (χ2n) is 12.0.